The molecule has 0 saturated heterocycles. The van der Waals surface area contributed by atoms with Gasteiger partial charge in [-0.05, 0) is 20.0 Å². The van der Waals surface area contributed by atoms with E-state index in [9.17, 15) is 4.79 Å². The Balaban J connectivity index is 3.73. The summed E-state index contributed by atoms with van der Waals surface area (Å²) in [5.74, 6) is 0.204. The molecule has 14 heavy (non-hydrogen) atoms. The summed E-state index contributed by atoms with van der Waals surface area (Å²) in [4.78, 5) is 13.5. The molecule has 2 atom stereocenters. The van der Waals surface area contributed by atoms with E-state index in [0.717, 1.165) is 13.0 Å². The molecule has 3 N–H and O–H groups in total. The Hall–Kier alpha value is -0.610. The van der Waals surface area contributed by atoms with Crippen LogP contribution in [0.5, 0.6) is 0 Å². The molecule has 1 unspecified atom stereocenters. The maximum Gasteiger partial charge on any atom is 0.237 e. The number of likely N-dealkylation sites (N-methyl/N-ethyl adjacent to an activating group) is 1. The van der Waals surface area contributed by atoms with Crippen molar-refractivity contribution in [1.82, 2.24) is 10.2 Å². The van der Waals surface area contributed by atoms with Gasteiger partial charge in [0.05, 0.1) is 6.04 Å². The lowest BCUT2D eigenvalue weighted by atomic mass is 9.99. The van der Waals surface area contributed by atoms with Crippen molar-refractivity contribution < 1.29 is 4.79 Å². The second-order valence-electron chi connectivity index (χ2n) is 4.01. The maximum absolute atomic E-state index is 11.5. The van der Waals surface area contributed by atoms with Crippen LogP contribution < -0.4 is 11.1 Å². The van der Waals surface area contributed by atoms with Gasteiger partial charge in [0.1, 0.15) is 0 Å². The summed E-state index contributed by atoms with van der Waals surface area (Å²) in [5, 5.41) is 2.82. The van der Waals surface area contributed by atoms with Crippen LogP contribution in [0, 0.1) is 5.92 Å². The number of nitrogens with two attached hydrogens (primary N) is 1. The molecule has 0 saturated carbocycles. The smallest absolute Gasteiger partial charge is 0.237 e. The number of nitrogens with one attached hydrogen (secondary N) is 1. The molecular formula is C10H23N3O. The molecular weight excluding hydrogens is 178 g/mol. The lowest BCUT2D eigenvalue weighted by Gasteiger charge is -2.18. The van der Waals surface area contributed by atoms with E-state index >= 15 is 0 Å². The largest absolute Gasteiger partial charge is 0.353 e. The molecule has 84 valence electrons. The third-order valence-electron chi connectivity index (χ3n) is 2.42. The fraction of sp³-hybridized carbons (Fsp3) is 0.900. The van der Waals surface area contributed by atoms with Gasteiger partial charge in [-0.2, -0.15) is 0 Å². The first-order valence-corrected chi connectivity index (χ1v) is 5.17. The molecule has 0 aliphatic carbocycles. The highest BCUT2D eigenvalue weighted by Gasteiger charge is 2.18. The van der Waals surface area contributed by atoms with E-state index in [1.807, 2.05) is 32.8 Å². The molecule has 0 aliphatic heterocycles. The van der Waals surface area contributed by atoms with Crippen molar-refractivity contribution in [1.29, 1.82) is 0 Å². The summed E-state index contributed by atoms with van der Waals surface area (Å²) in [5.41, 5.74) is 5.76. The molecule has 0 aromatic heterocycles. The van der Waals surface area contributed by atoms with Crippen LogP contribution in [0.3, 0.4) is 0 Å². The molecule has 0 aliphatic rings. The summed E-state index contributed by atoms with van der Waals surface area (Å²) >= 11 is 0. The second-order valence-corrected chi connectivity index (χ2v) is 4.01. The first-order chi connectivity index (χ1) is 6.49. The summed E-state index contributed by atoms with van der Waals surface area (Å²) in [7, 11) is 3.95. The molecule has 0 radical (unpaired) electrons. The quantitative estimate of drug-likeness (QED) is 0.638. The van der Waals surface area contributed by atoms with E-state index in [2.05, 4.69) is 5.32 Å². The Labute approximate surface area is 86.8 Å². The zero-order chi connectivity index (χ0) is 11.1. The van der Waals surface area contributed by atoms with Crippen LogP contribution >= 0.6 is 0 Å². The molecule has 0 bridgehead atoms. The highest BCUT2D eigenvalue weighted by Crippen LogP contribution is 2.04. The third kappa shape index (κ3) is 5.19. The second kappa shape index (κ2) is 6.79. The van der Waals surface area contributed by atoms with Gasteiger partial charge in [0.25, 0.3) is 0 Å². The van der Waals surface area contributed by atoms with Crippen LogP contribution in [-0.2, 0) is 4.79 Å². The Bertz CT molecular complexity index is 171. The third-order valence-corrected chi connectivity index (χ3v) is 2.42. The van der Waals surface area contributed by atoms with Crippen LogP contribution in [0.15, 0.2) is 0 Å². The Morgan fingerprint density at radius 3 is 2.50 bits per heavy atom. The van der Waals surface area contributed by atoms with Gasteiger partial charge in [-0.3, -0.25) is 4.79 Å². The topological polar surface area (TPSA) is 58.4 Å². The number of nitrogens with zero attached hydrogens (tertiary/aromatic N) is 1. The molecule has 4 nitrogen and oxygen atoms in total. The van der Waals surface area contributed by atoms with E-state index in [0.29, 0.717) is 6.54 Å². The first-order valence-electron chi connectivity index (χ1n) is 5.17. The Morgan fingerprint density at radius 2 is 2.07 bits per heavy atom. The molecule has 0 heterocycles. The average molecular weight is 201 g/mol. The van der Waals surface area contributed by atoms with Gasteiger partial charge in [-0.1, -0.05) is 20.3 Å². The zero-order valence-electron chi connectivity index (χ0n) is 9.71. The maximum atomic E-state index is 11.5. The number of carbonyl (C=O) groups is 1. The van der Waals surface area contributed by atoms with Crippen molar-refractivity contribution >= 4 is 5.91 Å². The van der Waals surface area contributed by atoms with Crippen molar-refractivity contribution in [2.24, 2.45) is 11.7 Å². The summed E-state index contributed by atoms with van der Waals surface area (Å²) in [6, 6.07) is -0.373. The number of rotatable bonds is 6. The van der Waals surface area contributed by atoms with Crippen LogP contribution in [0.25, 0.3) is 0 Å². The van der Waals surface area contributed by atoms with Crippen LogP contribution in [0.1, 0.15) is 20.3 Å². The molecule has 4 heteroatoms. The van der Waals surface area contributed by atoms with Crippen LogP contribution in [0.4, 0.5) is 0 Å². The predicted molar refractivity (Wildman–Crippen MR) is 59.0 cm³/mol. The van der Waals surface area contributed by atoms with E-state index < -0.39 is 0 Å². The van der Waals surface area contributed by atoms with E-state index in [1.165, 1.54) is 0 Å². The summed E-state index contributed by atoms with van der Waals surface area (Å²) in [6.07, 6.45) is 0.933. The number of hydrogen-bond donors (Lipinski definition) is 2. The average Bonchev–Trinajstić information content (AvgIpc) is 2.14. The predicted octanol–water partition coefficient (Wildman–Crippen LogP) is 0.0376. The molecule has 0 fully saturated rings. The van der Waals surface area contributed by atoms with Gasteiger partial charge in [0.15, 0.2) is 0 Å². The minimum absolute atomic E-state index is 0.0406. The minimum atomic E-state index is -0.373. The van der Waals surface area contributed by atoms with Crippen LogP contribution in [0.2, 0.25) is 0 Å². The van der Waals surface area contributed by atoms with Gasteiger partial charge in [0.2, 0.25) is 5.91 Å². The Morgan fingerprint density at radius 1 is 1.50 bits per heavy atom. The number of hydrogen-bond acceptors (Lipinski definition) is 3. The van der Waals surface area contributed by atoms with Crippen molar-refractivity contribution in [3.63, 3.8) is 0 Å². The number of carbonyl (C=O) groups excluding carboxylic acids is 1. The monoisotopic (exact) mass is 201 g/mol. The molecule has 0 aromatic rings. The molecule has 1 amide bonds. The molecule has 0 aromatic carbocycles. The van der Waals surface area contributed by atoms with E-state index in [1.54, 1.807) is 0 Å². The van der Waals surface area contributed by atoms with Crippen molar-refractivity contribution in [2.75, 3.05) is 27.2 Å². The summed E-state index contributed by atoms with van der Waals surface area (Å²) < 4.78 is 0. The SMILES string of the molecule is CCC(C)[C@H](N)C(=O)NCCN(C)C. The first kappa shape index (κ1) is 13.4. The van der Waals surface area contributed by atoms with Crippen molar-refractivity contribution in [3.8, 4) is 0 Å². The fourth-order valence-corrected chi connectivity index (χ4v) is 1.03. The highest BCUT2D eigenvalue weighted by molar-refractivity contribution is 5.81. The number of amides is 1. The van der Waals surface area contributed by atoms with Gasteiger partial charge >= 0.3 is 0 Å². The zero-order valence-corrected chi connectivity index (χ0v) is 9.71. The minimum Gasteiger partial charge on any atom is -0.353 e. The highest BCUT2D eigenvalue weighted by atomic mass is 16.2. The Kier molecular flexibility index (Phi) is 6.49. The van der Waals surface area contributed by atoms with Gasteiger partial charge < -0.3 is 16.0 Å². The van der Waals surface area contributed by atoms with Gasteiger partial charge in [-0.25, -0.2) is 0 Å². The van der Waals surface area contributed by atoms with Crippen molar-refractivity contribution in [2.45, 2.75) is 26.3 Å². The fourth-order valence-electron chi connectivity index (χ4n) is 1.03. The van der Waals surface area contributed by atoms with Gasteiger partial charge in [0, 0.05) is 13.1 Å². The lowest BCUT2D eigenvalue weighted by molar-refractivity contribution is -0.123. The normalized spacial score (nSPS) is 15.3. The van der Waals surface area contributed by atoms with Crippen molar-refractivity contribution in [3.05, 3.63) is 0 Å². The molecule has 0 rings (SSSR count). The van der Waals surface area contributed by atoms with Gasteiger partial charge in [-0.15, -0.1) is 0 Å². The molecule has 0 spiro atoms. The summed E-state index contributed by atoms with van der Waals surface area (Å²) in [6.45, 7) is 5.54. The van der Waals surface area contributed by atoms with Crippen LogP contribution in [-0.4, -0.2) is 44.0 Å². The lowest BCUT2D eigenvalue weighted by Crippen LogP contribution is -2.46. The standard InChI is InChI=1S/C10H23N3O/c1-5-8(2)9(11)10(14)12-6-7-13(3)4/h8-9H,5-7,11H2,1-4H3,(H,12,14)/t8?,9-/m0/s1. The van der Waals surface area contributed by atoms with E-state index in [-0.39, 0.29) is 17.9 Å². The van der Waals surface area contributed by atoms with E-state index in [4.69, 9.17) is 5.73 Å².